The van der Waals surface area contributed by atoms with Crippen molar-refractivity contribution in [2.45, 2.75) is 32.0 Å². The Kier molecular flexibility index (Phi) is 4.14. The van der Waals surface area contributed by atoms with Gasteiger partial charge in [0.25, 0.3) is 5.91 Å². The minimum atomic E-state index is -4.54. The third kappa shape index (κ3) is 3.16. The Morgan fingerprint density at radius 2 is 2.00 bits per heavy atom. The molecule has 0 radical (unpaired) electrons. The van der Waals surface area contributed by atoms with Crippen molar-refractivity contribution < 1.29 is 18.0 Å². The molecule has 1 unspecified atom stereocenters. The Morgan fingerprint density at radius 1 is 1.40 bits per heavy atom. The minimum absolute atomic E-state index is 0.0350. The van der Waals surface area contributed by atoms with Crippen LogP contribution in [0.1, 0.15) is 35.7 Å². The van der Waals surface area contributed by atoms with Crippen LogP contribution in [0.5, 0.6) is 0 Å². The van der Waals surface area contributed by atoms with Crippen LogP contribution in [0.3, 0.4) is 0 Å². The summed E-state index contributed by atoms with van der Waals surface area (Å²) < 4.78 is 39.4. The van der Waals surface area contributed by atoms with Crippen molar-refractivity contribution in [1.29, 1.82) is 0 Å². The number of carbonyl (C=O) groups is 1. The number of halogens is 4. The van der Waals surface area contributed by atoms with Gasteiger partial charge in [-0.2, -0.15) is 13.2 Å². The summed E-state index contributed by atoms with van der Waals surface area (Å²) >= 11 is 3.01. The molecule has 20 heavy (non-hydrogen) atoms. The molecule has 6 heteroatoms. The van der Waals surface area contributed by atoms with E-state index in [1.165, 1.54) is 17.0 Å². The maximum Gasteiger partial charge on any atom is 0.417 e. The average Bonchev–Trinajstić information content (AvgIpc) is 3.19. The van der Waals surface area contributed by atoms with Crippen molar-refractivity contribution in [3.8, 4) is 0 Å². The average molecular weight is 350 g/mol. The Balaban J connectivity index is 2.34. The van der Waals surface area contributed by atoms with Gasteiger partial charge in [-0.3, -0.25) is 4.79 Å². The fourth-order valence-electron chi connectivity index (χ4n) is 2.21. The van der Waals surface area contributed by atoms with Crippen LogP contribution in [0.15, 0.2) is 22.7 Å². The van der Waals surface area contributed by atoms with E-state index in [4.69, 9.17) is 0 Å². The predicted molar refractivity (Wildman–Crippen MR) is 73.4 cm³/mol. The highest BCUT2D eigenvalue weighted by atomic mass is 79.9. The summed E-state index contributed by atoms with van der Waals surface area (Å²) in [6, 6.07) is 3.60. The highest BCUT2D eigenvalue weighted by Crippen LogP contribution is 2.37. The molecule has 2 nitrogen and oxygen atoms in total. The molecule has 1 aromatic rings. The molecule has 0 N–H and O–H groups in total. The lowest BCUT2D eigenvalue weighted by atomic mass is 10.0. The third-order valence-electron chi connectivity index (χ3n) is 3.75. The Labute approximate surface area is 124 Å². The molecule has 1 atom stereocenters. The zero-order valence-electron chi connectivity index (χ0n) is 11.2. The van der Waals surface area contributed by atoms with E-state index in [-0.39, 0.29) is 11.6 Å². The van der Waals surface area contributed by atoms with Gasteiger partial charge in [-0.1, -0.05) is 15.9 Å². The second-order valence-electron chi connectivity index (χ2n) is 5.18. The van der Waals surface area contributed by atoms with E-state index in [0.29, 0.717) is 10.4 Å². The Hall–Kier alpha value is -1.04. The summed E-state index contributed by atoms with van der Waals surface area (Å²) in [5.41, 5.74) is -1.19. The van der Waals surface area contributed by atoms with Gasteiger partial charge in [0.1, 0.15) is 0 Å². The van der Waals surface area contributed by atoms with Gasteiger partial charge in [0.15, 0.2) is 0 Å². The summed E-state index contributed by atoms with van der Waals surface area (Å²) in [6.07, 6.45) is -2.48. The number of nitrogens with zero attached hydrogens (tertiary/aromatic N) is 1. The number of hydrogen-bond acceptors (Lipinski definition) is 1. The highest BCUT2D eigenvalue weighted by Gasteiger charge is 2.38. The van der Waals surface area contributed by atoms with Gasteiger partial charge >= 0.3 is 6.18 Å². The number of amides is 1. The summed E-state index contributed by atoms with van der Waals surface area (Å²) in [5.74, 6) is -0.169. The van der Waals surface area contributed by atoms with Crippen LogP contribution >= 0.6 is 15.9 Å². The lowest BCUT2D eigenvalue weighted by molar-refractivity contribution is -0.138. The normalized spacial score (nSPS) is 16.9. The van der Waals surface area contributed by atoms with Gasteiger partial charge in [-0.05, 0) is 43.9 Å². The molecule has 1 amide bonds. The molecule has 0 bridgehead atoms. The molecule has 1 aromatic carbocycles. The Bertz CT molecular complexity index is 526. The van der Waals surface area contributed by atoms with Crippen molar-refractivity contribution in [2.75, 3.05) is 7.05 Å². The van der Waals surface area contributed by atoms with Crippen molar-refractivity contribution in [2.24, 2.45) is 5.92 Å². The van der Waals surface area contributed by atoms with Crippen LogP contribution in [0, 0.1) is 5.92 Å². The van der Waals surface area contributed by atoms with Crippen LogP contribution in [0.25, 0.3) is 0 Å². The van der Waals surface area contributed by atoms with Crippen LogP contribution in [-0.4, -0.2) is 23.9 Å². The number of alkyl halides is 3. The van der Waals surface area contributed by atoms with E-state index in [0.717, 1.165) is 18.9 Å². The molecule has 1 aliphatic rings. The quantitative estimate of drug-likeness (QED) is 0.794. The second kappa shape index (κ2) is 5.39. The summed E-state index contributed by atoms with van der Waals surface area (Å²) in [4.78, 5) is 13.7. The smallest absolute Gasteiger partial charge is 0.339 e. The topological polar surface area (TPSA) is 20.3 Å². The van der Waals surface area contributed by atoms with E-state index >= 15 is 0 Å². The van der Waals surface area contributed by atoms with Gasteiger partial charge in [0.2, 0.25) is 0 Å². The van der Waals surface area contributed by atoms with E-state index in [1.54, 1.807) is 7.05 Å². The van der Waals surface area contributed by atoms with E-state index < -0.39 is 17.6 Å². The molecule has 0 saturated heterocycles. The van der Waals surface area contributed by atoms with Crippen molar-refractivity contribution >= 4 is 21.8 Å². The van der Waals surface area contributed by atoms with Gasteiger partial charge in [0, 0.05) is 17.6 Å². The Morgan fingerprint density at radius 3 is 2.50 bits per heavy atom. The first kappa shape index (κ1) is 15.4. The highest BCUT2D eigenvalue weighted by molar-refractivity contribution is 9.10. The molecule has 1 saturated carbocycles. The molecule has 2 rings (SSSR count). The van der Waals surface area contributed by atoms with Gasteiger partial charge in [0.05, 0.1) is 11.1 Å². The largest absolute Gasteiger partial charge is 0.417 e. The van der Waals surface area contributed by atoms with E-state index in [9.17, 15) is 18.0 Å². The zero-order valence-corrected chi connectivity index (χ0v) is 12.8. The number of rotatable bonds is 3. The third-order valence-corrected chi connectivity index (χ3v) is 4.25. The number of carbonyl (C=O) groups excluding carboxylic acids is 1. The van der Waals surface area contributed by atoms with Crippen LogP contribution in [0.2, 0.25) is 0 Å². The number of benzene rings is 1. The molecule has 0 heterocycles. The molecule has 0 aromatic heterocycles. The molecule has 0 aliphatic heterocycles. The summed E-state index contributed by atoms with van der Waals surface area (Å²) in [5, 5.41) is 0. The van der Waals surface area contributed by atoms with E-state index in [1.807, 2.05) is 6.92 Å². The fourth-order valence-corrected chi connectivity index (χ4v) is 2.57. The standard InChI is InChI=1S/C14H15BrF3NO/c1-8(9-3-4-9)19(2)13(20)11-6-5-10(15)7-12(11)14(16,17)18/h5-9H,3-4H2,1-2H3. The van der Waals surface area contributed by atoms with Crippen molar-refractivity contribution in [1.82, 2.24) is 4.90 Å². The summed E-state index contributed by atoms with van der Waals surface area (Å²) in [7, 11) is 1.56. The first-order chi connectivity index (χ1) is 9.21. The second-order valence-corrected chi connectivity index (χ2v) is 6.10. The van der Waals surface area contributed by atoms with Gasteiger partial charge < -0.3 is 4.90 Å². The van der Waals surface area contributed by atoms with Crippen LogP contribution in [-0.2, 0) is 6.18 Å². The van der Waals surface area contributed by atoms with Crippen LogP contribution < -0.4 is 0 Å². The molecular weight excluding hydrogens is 335 g/mol. The molecule has 110 valence electrons. The SMILES string of the molecule is CC(C1CC1)N(C)C(=O)c1ccc(Br)cc1C(F)(F)F. The summed E-state index contributed by atoms with van der Waals surface area (Å²) in [6.45, 7) is 1.88. The molecule has 1 fully saturated rings. The minimum Gasteiger partial charge on any atom is -0.339 e. The maximum atomic E-state index is 13.0. The van der Waals surface area contributed by atoms with Crippen molar-refractivity contribution in [3.05, 3.63) is 33.8 Å². The lowest BCUT2D eigenvalue weighted by Crippen LogP contribution is -2.37. The van der Waals surface area contributed by atoms with Gasteiger partial charge in [-0.25, -0.2) is 0 Å². The lowest BCUT2D eigenvalue weighted by Gasteiger charge is -2.26. The van der Waals surface area contributed by atoms with Gasteiger partial charge in [-0.15, -0.1) is 0 Å². The maximum absolute atomic E-state index is 13.0. The number of hydrogen-bond donors (Lipinski definition) is 0. The monoisotopic (exact) mass is 349 g/mol. The fraction of sp³-hybridized carbons (Fsp3) is 0.500. The molecule has 0 spiro atoms. The molecular formula is C14H15BrF3NO. The first-order valence-electron chi connectivity index (χ1n) is 6.35. The van der Waals surface area contributed by atoms with E-state index in [2.05, 4.69) is 15.9 Å². The predicted octanol–water partition coefficient (Wildman–Crippen LogP) is 4.34. The molecule has 1 aliphatic carbocycles. The first-order valence-corrected chi connectivity index (χ1v) is 7.15. The van der Waals surface area contributed by atoms with Crippen molar-refractivity contribution in [3.63, 3.8) is 0 Å². The zero-order chi connectivity index (χ0) is 15.1. The van der Waals surface area contributed by atoms with Crippen LogP contribution in [0.4, 0.5) is 13.2 Å².